The molecule has 0 aliphatic heterocycles. The second-order valence-electron chi connectivity index (χ2n) is 2.68. The monoisotopic (exact) mass is 352 g/mol. The summed E-state index contributed by atoms with van der Waals surface area (Å²) in [6, 6.07) is 0. The molecule has 0 aromatic heterocycles. The number of aliphatic hydroxyl groups is 2. The van der Waals surface area contributed by atoms with Crippen molar-refractivity contribution in [1.82, 2.24) is 0 Å². The zero-order valence-electron chi connectivity index (χ0n) is 7.38. The summed E-state index contributed by atoms with van der Waals surface area (Å²) in [4.78, 5) is 0. The molecule has 0 saturated heterocycles. The molecule has 0 bridgehead atoms. The Kier molecular flexibility index (Phi) is 23.1. The minimum atomic E-state index is -1.10. The van der Waals surface area contributed by atoms with Gasteiger partial charge in [-0.05, 0) is 12.8 Å². The van der Waals surface area contributed by atoms with E-state index in [1.165, 1.54) is 19.3 Å². The van der Waals surface area contributed by atoms with Gasteiger partial charge < -0.3 is 10.2 Å². The van der Waals surface area contributed by atoms with Crippen molar-refractivity contribution in [2.45, 2.75) is 51.7 Å². The van der Waals surface area contributed by atoms with Crippen LogP contribution in [0.1, 0.15) is 45.4 Å². The molecular weight excluding hydrogens is 334 g/mol. The predicted octanol–water partition coefficient (Wildman–Crippen LogP) is 1.65. The molecule has 80 valence electrons. The number of unbranched alkanes of at least 4 members (excludes halogenated alkanes) is 4. The largest absolute Gasteiger partial charge is 0.368 e. The summed E-state index contributed by atoms with van der Waals surface area (Å²) >= 11 is 0. The quantitative estimate of drug-likeness (QED) is 0.434. The second kappa shape index (κ2) is 14.7. The normalized spacial score (nSPS) is 9.00. The van der Waals surface area contributed by atoms with Crippen molar-refractivity contribution in [1.29, 1.82) is 0 Å². The third kappa shape index (κ3) is 17.3. The van der Waals surface area contributed by atoms with Crippen LogP contribution >= 0.6 is 0 Å². The smallest absolute Gasteiger partial charge is 0.151 e. The Bertz CT molecular complexity index is 70.1. The zero-order valence-corrected chi connectivity index (χ0v) is 10.7. The first-order valence-electron chi connectivity index (χ1n) is 4.13. The maximum Gasteiger partial charge on any atom is 0.151 e. The molecule has 0 aliphatic carbocycles. The van der Waals surface area contributed by atoms with Gasteiger partial charge in [0.2, 0.25) is 0 Å². The van der Waals surface area contributed by atoms with Gasteiger partial charge in [-0.1, -0.05) is 32.6 Å². The van der Waals surface area contributed by atoms with Crippen LogP contribution in [0, 0.1) is 0 Å². The topological polar surface area (TPSA) is 40.5 Å². The molecule has 0 spiro atoms. The van der Waals surface area contributed by atoms with Crippen LogP contribution in [0.4, 0.5) is 0 Å². The molecule has 12 heavy (non-hydrogen) atoms. The summed E-state index contributed by atoms with van der Waals surface area (Å²) in [5.41, 5.74) is 0. The van der Waals surface area contributed by atoms with Crippen molar-refractivity contribution < 1.29 is 49.2 Å². The van der Waals surface area contributed by atoms with E-state index in [9.17, 15) is 0 Å². The zero-order chi connectivity index (χ0) is 7.82. The van der Waals surface area contributed by atoms with Crippen LogP contribution in [0.2, 0.25) is 0 Å². The predicted molar refractivity (Wildman–Crippen MR) is 41.6 cm³/mol. The number of hydrogen-bond acceptors (Lipinski definition) is 2. The van der Waals surface area contributed by atoms with Crippen LogP contribution in [0.5, 0.6) is 0 Å². The average molecular weight is 352 g/mol. The molecule has 0 fully saturated rings. The second-order valence-corrected chi connectivity index (χ2v) is 2.68. The Morgan fingerprint density at radius 1 is 0.917 bits per heavy atom. The van der Waals surface area contributed by atoms with Crippen LogP contribution in [0.3, 0.4) is 0 Å². The van der Waals surface area contributed by atoms with Crippen LogP contribution < -0.4 is 0 Å². The van der Waals surface area contributed by atoms with Crippen LogP contribution in [0.15, 0.2) is 0 Å². The van der Waals surface area contributed by atoms with E-state index in [1.54, 1.807) is 0 Å². The molecule has 0 atom stereocenters. The van der Waals surface area contributed by atoms with Gasteiger partial charge in [-0.3, -0.25) is 0 Å². The summed E-state index contributed by atoms with van der Waals surface area (Å²) in [5.74, 6) is 0. The first-order valence-corrected chi connectivity index (χ1v) is 4.13. The van der Waals surface area contributed by atoms with Gasteiger partial charge in [0.1, 0.15) is 0 Å². The van der Waals surface area contributed by atoms with Crippen LogP contribution in [-0.4, -0.2) is 16.5 Å². The molecule has 2 nitrogen and oxygen atoms in total. The molecule has 4 heteroatoms. The minimum absolute atomic E-state index is 0. The maximum atomic E-state index is 8.46. The van der Waals surface area contributed by atoms with E-state index >= 15 is 0 Å². The van der Waals surface area contributed by atoms with E-state index in [1.807, 2.05) is 0 Å². The summed E-state index contributed by atoms with van der Waals surface area (Å²) in [5, 5.41) is 16.9. The molecule has 0 aromatic carbocycles. The molecule has 2 radical (unpaired) electrons. The van der Waals surface area contributed by atoms with Gasteiger partial charge in [-0.15, -0.1) is 0 Å². The van der Waals surface area contributed by atoms with Gasteiger partial charge >= 0.3 is 0 Å². The van der Waals surface area contributed by atoms with Gasteiger partial charge in [0, 0.05) is 39.0 Å². The fourth-order valence-corrected chi connectivity index (χ4v) is 0.930. The van der Waals surface area contributed by atoms with Crippen LogP contribution in [0.25, 0.3) is 0 Å². The van der Waals surface area contributed by atoms with Gasteiger partial charge in [0.05, 0.1) is 0 Å². The summed E-state index contributed by atoms with van der Waals surface area (Å²) < 4.78 is 0. The van der Waals surface area contributed by atoms with Crippen molar-refractivity contribution in [3.8, 4) is 0 Å². The molecule has 0 aromatic rings. The molecule has 0 saturated carbocycles. The molecule has 0 aliphatic rings. The van der Waals surface area contributed by atoms with Gasteiger partial charge in [-0.25, -0.2) is 0 Å². The van der Waals surface area contributed by atoms with Crippen molar-refractivity contribution in [3.63, 3.8) is 0 Å². The molecule has 0 heterocycles. The SMILES string of the molecule is CCCCCCCC(O)O.[Rh].[Rh]. The third-order valence-corrected chi connectivity index (χ3v) is 1.57. The number of hydrogen-bond donors (Lipinski definition) is 2. The van der Waals surface area contributed by atoms with E-state index in [-0.39, 0.29) is 39.0 Å². The van der Waals surface area contributed by atoms with E-state index in [0.29, 0.717) is 6.42 Å². The minimum Gasteiger partial charge on any atom is -0.368 e. The van der Waals surface area contributed by atoms with E-state index in [0.717, 1.165) is 12.8 Å². The van der Waals surface area contributed by atoms with Crippen LogP contribution in [-0.2, 0) is 39.0 Å². The molecule has 2 N–H and O–H groups in total. The average Bonchev–Trinajstić information content (AvgIpc) is 1.87. The Hall–Kier alpha value is 1.17. The van der Waals surface area contributed by atoms with Crippen molar-refractivity contribution in [3.05, 3.63) is 0 Å². The van der Waals surface area contributed by atoms with Crippen molar-refractivity contribution in [2.24, 2.45) is 0 Å². The maximum absolute atomic E-state index is 8.46. The first kappa shape index (κ1) is 18.9. The Labute approximate surface area is 101 Å². The molecule has 0 rings (SSSR count). The van der Waals surface area contributed by atoms with E-state index in [4.69, 9.17) is 10.2 Å². The Balaban J connectivity index is -0.000000405. The van der Waals surface area contributed by atoms with Crippen molar-refractivity contribution in [2.75, 3.05) is 0 Å². The summed E-state index contributed by atoms with van der Waals surface area (Å²) in [6.45, 7) is 2.17. The number of rotatable bonds is 6. The van der Waals surface area contributed by atoms with Gasteiger partial charge in [0.15, 0.2) is 6.29 Å². The fourth-order valence-electron chi connectivity index (χ4n) is 0.930. The molecular formula is C8H18O2Rh2. The van der Waals surface area contributed by atoms with Gasteiger partial charge in [-0.2, -0.15) is 0 Å². The standard InChI is InChI=1S/C8H18O2.2Rh/c1-2-3-4-5-6-7-8(9)10;;/h8-10H,2-7H2,1H3;;. The Morgan fingerprint density at radius 3 is 1.83 bits per heavy atom. The molecule has 0 amide bonds. The van der Waals surface area contributed by atoms with Crippen molar-refractivity contribution >= 4 is 0 Å². The fraction of sp³-hybridized carbons (Fsp3) is 1.00. The third-order valence-electron chi connectivity index (χ3n) is 1.57. The Morgan fingerprint density at radius 2 is 1.42 bits per heavy atom. The first-order chi connectivity index (χ1) is 4.77. The summed E-state index contributed by atoms with van der Waals surface area (Å²) in [7, 11) is 0. The van der Waals surface area contributed by atoms with Gasteiger partial charge in [0.25, 0.3) is 0 Å². The summed E-state index contributed by atoms with van der Waals surface area (Å²) in [6.07, 6.45) is 5.24. The molecule has 0 unspecified atom stereocenters. The van der Waals surface area contributed by atoms with E-state index in [2.05, 4.69) is 6.92 Å². The number of aliphatic hydroxyl groups excluding tert-OH is 1. The van der Waals surface area contributed by atoms with E-state index < -0.39 is 6.29 Å².